The van der Waals surface area contributed by atoms with E-state index in [-0.39, 0.29) is 5.41 Å². The summed E-state index contributed by atoms with van der Waals surface area (Å²) in [6.45, 7) is 4.25. The van der Waals surface area contributed by atoms with Gasteiger partial charge in [-0.15, -0.1) is 0 Å². The van der Waals surface area contributed by atoms with Gasteiger partial charge in [-0.2, -0.15) is 5.10 Å². The summed E-state index contributed by atoms with van der Waals surface area (Å²) < 4.78 is 10.9. The number of pyridine rings is 1. The van der Waals surface area contributed by atoms with Gasteiger partial charge in [0.25, 0.3) is 0 Å². The van der Waals surface area contributed by atoms with Crippen LogP contribution in [0.5, 0.6) is 5.75 Å². The molecule has 5 heterocycles. The van der Waals surface area contributed by atoms with Gasteiger partial charge in [0, 0.05) is 48.3 Å². The van der Waals surface area contributed by atoms with Gasteiger partial charge in [-0.1, -0.05) is 17.3 Å². The summed E-state index contributed by atoms with van der Waals surface area (Å²) in [7, 11) is 1.65. The number of anilines is 1. The van der Waals surface area contributed by atoms with Gasteiger partial charge < -0.3 is 19.9 Å². The monoisotopic (exact) mass is 482 g/mol. The zero-order valence-corrected chi connectivity index (χ0v) is 20.1. The smallest absolute Gasteiger partial charge is 0.202 e. The fourth-order valence-electron chi connectivity index (χ4n) is 6.22. The molecule has 2 aliphatic rings. The van der Waals surface area contributed by atoms with Crippen LogP contribution in [0.4, 0.5) is 5.82 Å². The second kappa shape index (κ2) is 7.72. The quantitative estimate of drug-likeness (QED) is 0.387. The Morgan fingerprint density at radius 3 is 2.94 bits per heavy atom. The highest BCUT2D eigenvalue weighted by Gasteiger charge is 2.67. The average molecular weight is 483 g/mol. The first-order valence-electron chi connectivity index (χ1n) is 12.2. The van der Waals surface area contributed by atoms with Crippen molar-refractivity contribution in [1.82, 2.24) is 30.3 Å². The molecule has 10 heteroatoms. The predicted octanol–water partition coefficient (Wildman–Crippen LogP) is 3.23. The van der Waals surface area contributed by atoms with Crippen LogP contribution in [0.15, 0.2) is 47.2 Å². The van der Waals surface area contributed by atoms with Crippen LogP contribution in [0.25, 0.3) is 33.3 Å². The molecule has 2 fully saturated rings. The lowest BCUT2D eigenvalue weighted by Gasteiger charge is -2.26. The molecular weight excluding hydrogens is 456 g/mol. The van der Waals surface area contributed by atoms with Crippen molar-refractivity contribution in [1.29, 1.82) is 0 Å². The number of para-hydroxylation sites is 1. The van der Waals surface area contributed by atoms with Crippen LogP contribution in [0.2, 0.25) is 0 Å². The standard InChI is InChI=1S/C26H26N8O2/c1-14-10-20(33-36-14)26(13-27)17-7-9-34(12-18(17)26)21-11-29-24-23(31-32-25(24)30-21)16-6-8-28-22-15(16)4-3-5-19(22)35-2/h3-6,8,10-11,17-18H,7,9,12-13,27H2,1-2H3,(H,30,31,32)/t17-,18+,26+/m1/s1. The Hall–Kier alpha value is -4.05. The minimum Gasteiger partial charge on any atom is -0.494 e. The number of aromatic nitrogens is 6. The topological polar surface area (TPSA) is 132 Å². The van der Waals surface area contributed by atoms with E-state index in [1.165, 1.54) is 0 Å². The van der Waals surface area contributed by atoms with E-state index in [1.807, 2.05) is 43.5 Å². The maximum Gasteiger partial charge on any atom is 0.202 e. The largest absolute Gasteiger partial charge is 0.494 e. The molecule has 3 N–H and O–H groups in total. The summed E-state index contributed by atoms with van der Waals surface area (Å²) in [6, 6.07) is 9.88. The highest BCUT2D eigenvalue weighted by molar-refractivity contribution is 6.01. The molecule has 36 heavy (non-hydrogen) atoms. The average Bonchev–Trinajstić information content (AvgIpc) is 3.16. The summed E-state index contributed by atoms with van der Waals surface area (Å²) in [5, 5.41) is 12.9. The molecule has 1 aromatic carbocycles. The summed E-state index contributed by atoms with van der Waals surface area (Å²) in [4.78, 5) is 16.5. The number of benzene rings is 1. The van der Waals surface area contributed by atoms with Crippen LogP contribution in [-0.2, 0) is 5.41 Å². The van der Waals surface area contributed by atoms with Crippen molar-refractivity contribution < 1.29 is 9.26 Å². The summed E-state index contributed by atoms with van der Waals surface area (Å²) in [5.74, 6) is 3.32. The molecule has 3 atom stereocenters. The van der Waals surface area contributed by atoms with Crippen LogP contribution >= 0.6 is 0 Å². The third kappa shape index (κ3) is 2.91. The minimum atomic E-state index is -0.104. The van der Waals surface area contributed by atoms with Crippen LogP contribution < -0.4 is 15.4 Å². The van der Waals surface area contributed by atoms with Gasteiger partial charge >= 0.3 is 0 Å². The number of aryl methyl sites for hydroxylation is 1. The normalized spacial score (nSPS) is 23.2. The molecule has 0 spiro atoms. The number of piperidine rings is 1. The Bertz CT molecular complexity index is 1610. The number of H-pyrrole nitrogens is 1. The molecule has 1 aliphatic carbocycles. The number of hydrogen-bond donors (Lipinski definition) is 2. The van der Waals surface area contributed by atoms with E-state index < -0.39 is 0 Å². The number of hydrogen-bond acceptors (Lipinski definition) is 9. The van der Waals surface area contributed by atoms with Crippen LogP contribution in [0.3, 0.4) is 0 Å². The molecular formula is C26H26N8O2. The first-order chi connectivity index (χ1) is 17.6. The lowest BCUT2D eigenvalue weighted by atomic mass is 9.97. The molecule has 182 valence electrons. The van der Waals surface area contributed by atoms with E-state index in [4.69, 9.17) is 25.0 Å². The van der Waals surface area contributed by atoms with Crippen molar-refractivity contribution in [2.45, 2.75) is 18.8 Å². The van der Waals surface area contributed by atoms with E-state index in [2.05, 4.69) is 25.2 Å². The Labute approximate surface area is 206 Å². The highest BCUT2D eigenvalue weighted by atomic mass is 16.5. The van der Waals surface area contributed by atoms with Gasteiger partial charge in [0.15, 0.2) is 0 Å². The van der Waals surface area contributed by atoms with E-state index in [0.717, 1.165) is 70.2 Å². The first-order valence-corrected chi connectivity index (χ1v) is 12.2. The number of nitrogens with two attached hydrogens (primary N) is 1. The van der Waals surface area contributed by atoms with E-state index in [1.54, 1.807) is 13.3 Å². The van der Waals surface area contributed by atoms with Crippen molar-refractivity contribution in [2.24, 2.45) is 17.6 Å². The molecule has 1 aliphatic heterocycles. The molecule has 4 aromatic heterocycles. The zero-order chi connectivity index (χ0) is 24.4. The Balaban J connectivity index is 1.21. The van der Waals surface area contributed by atoms with Crippen molar-refractivity contribution >= 4 is 27.9 Å². The molecule has 7 rings (SSSR count). The molecule has 0 amide bonds. The first kappa shape index (κ1) is 21.3. The van der Waals surface area contributed by atoms with E-state index >= 15 is 0 Å². The number of nitrogens with zero attached hydrogens (tertiary/aromatic N) is 6. The second-order valence-corrected chi connectivity index (χ2v) is 9.73. The van der Waals surface area contributed by atoms with E-state index in [0.29, 0.717) is 24.0 Å². The predicted molar refractivity (Wildman–Crippen MR) is 135 cm³/mol. The molecule has 0 radical (unpaired) electrons. The Morgan fingerprint density at radius 1 is 1.22 bits per heavy atom. The van der Waals surface area contributed by atoms with Gasteiger partial charge in [-0.25, -0.2) is 9.97 Å². The number of fused-ring (bicyclic) bond motifs is 3. The zero-order valence-electron chi connectivity index (χ0n) is 20.1. The number of rotatable bonds is 5. The number of methoxy groups -OCH3 is 1. The van der Waals surface area contributed by atoms with Crippen molar-refractivity contribution in [3.05, 3.63) is 54.2 Å². The number of nitrogens with one attached hydrogen (secondary N) is 1. The van der Waals surface area contributed by atoms with Gasteiger partial charge in [0.2, 0.25) is 5.65 Å². The molecule has 1 saturated carbocycles. The molecule has 5 aromatic rings. The fraction of sp³-hybridized carbons (Fsp3) is 0.346. The van der Waals surface area contributed by atoms with Gasteiger partial charge in [-0.05, 0) is 37.3 Å². The van der Waals surface area contributed by atoms with Crippen LogP contribution in [-0.4, -0.2) is 57.1 Å². The highest BCUT2D eigenvalue weighted by Crippen LogP contribution is 2.62. The lowest BCUT2D eigenvalue weighted by Crippen LogP contribution is -2.32. The van der Waals surface area contributed by atoms with Crippen LogP contribution in [0.1, 0.15) is 17.9 Å². The van der Waals surface area contributed by atoms with Crippen molar-refractivity contribution in [2.75, 3.05) is 31.6 Å². The number of aromatic amines is 1. The maximum atomic E-state index is 6.29. The minimum absolute atomic E-state index is 0.104. The van der Waals surface area contributed by atoms with Gasteiger partial charge in [0.1, 0.15) is 28.4 Å². The maximum absolute atomic E-state index is 6.29. The Morgan fingerprint density at radius 2 is 2.14 bits per heavy atom. The van der Waals surface area contributed by atoms with Gasteiger partial charge in [-0.3, -0.25) is 10.1 Å². The molecule has 0 unspecified atom stereocenters. The Kier molecular flexibility index (Phi) is 4.56. The lowest BCUT2D eigenvalue weighted by molar-refractivity contribution is 0.379. The summed E-state index contributed by atoms with van der Waals surface area (Å²) in [6.07, 6.45) is 4.65. The van der Waals surface area contributed by atoms with E-state index in [9.17, 15) is 0 Å². The molecule has 10 nitrogen and oxygen atoms in total. The summed E-state index contributed by atoms with van der Waals surface area (Å²) >= 11 is 0. The number of ether oxygens (including phenoxy) is 1. The van der Waals surface area contributed by atoms with Crippen LogP contribution in [0, 0.1) is 18.8 Å². The SMILES string of the molecule is COc1cccc2c(-c3[nH]nc4nc(N5CC[C@@H]6[C@H](C5)[C@@]6(CN)c5cc(C)on5)cnc34)ccnc12. The molecule has 0 bridgehead atoms. The second-order valence-electron chi connectivity index (χ2n) is 9.73. The third-order valence-electron chi connectivity index (χ3n) is 8.07. The third-order valence-corrected chi connectivity index (χ3v) is 8.07. The summed E-state index contributed by atoms with van der Waals surface area (Å²) in [5.41, 5.74) is 11.1. The van der Waals surface area contributed by atoms with Crippen molar-refractivity contribution in [3.63, 3.8) is 0 Å². The van der Waals surface area contributed by atoms with Gasteiger partial charge in [0.05, 0.1) is 24.7 Å². The van der Waals surface area contributed by atoms with Crippen molar-refractivity contribution in [3.8, 4) is 17.0 Å². The fourth-order valence-corrected chi connectivity index (χ4v) is 6.22. The molecule has 1 saturated heterocycles.